The van der Waals surface area contributed by atoms with E-state index in [0.717, 1.165) is 44.7 Å². The Bertz CT molecular complexity index is 360. The molecule has 0 saturated heterocycles. The second-order valence-corrected chi connectivity index (χ2v) is 4.75. The maximum Gasteiger partial charge on any atom is 0.0662 e. The molecule has 1 aromatic rings. The Labute approximate surface area is 116 Å². The number of rotatable bonds is 10. The maximum absolute atomic E-state index is 4.97. The summed E-state index contributed by atoms with van der Waals surface area (Å²) in [5, 5.41) is 7.89. The summed E-state index contributed by atoms with van der Waals surface area (Å²) >= 11 is 0. The molecule has 1 rings (SSSR count). The van der Waals surface area contributed by atoms with Gasteiger partial charge in [-0.25, -0.2) is 0 Å². The second-order valence-electron chi connectivity index (χ2n) is 4.75. The number of methoxy groups -OCH3 is 1. The number of hydrogen-bond acceptors (Lipinski definition) is 3. The maximum atomic E-state index is 4.97. The normalized spacial score (nSPS) is 13.2. The van der Waals surface area contributed by atoms with Gasteiger partial charge in [0.2, 0.25) is 0 Å². The molecule has 1 aromatic heterocycles. The topological polar surface area (TPSA) is 39.1 Å². The van der Waals surface area contributed by atoms with E-state index in [1.807, 2.05) is 0 Å². The van der Waals surface area contributed by atoms with Gasteiger partial charge >= 0.3 is 0 Å². The van der Waals surface area contributed by atoms with Crippen molar-refractivity contribution in [1.29, 1.82) is 0 Å². The average Bonchev–Trinajstić information content (AvgIpc) is 2.89. The van der Waals surface area contributed by atoms with Crippen molar-refractivity contribution in [1.82, 2.24) is 15.1 Å². The molecule has 0 aromatic carbocycles. The number of aromatic nitrogens is 2. The summed E-state index contributed by atoms with van der Waals surface area (Å²) in [6, 6.07) is 2.59. The minimum Gasteiger partial charge on any atom is -0.383 e. The molecule has 0 aliphatic rings. The highest BCUT2D eigenvalue weighted by atomic mass is 16.5. The van der Waals surface area contributed by atoms with E-state index in [9.17, 15) is 0 Å². The van der Waals surface area contributed by atoms with Crippen LogP contribution in [0.25, 0.3) is 0 Å². The highest BCUT2D eigenvalue weighted by molar-refractivity contribution is 5.05. The number of hydrogen-bond donors (Lipinski definition) is 1. The summed E-state index contributed by atoms with van der Waals surface area (Å²) in [7, 11) is 1.72. The van der Waals surface area contributed by atoms with E-state index in [-0.39, 0.29) is 0 Å². The fourth-order valence-electron chi connectivity index (χ4n) is 1.73. The van der Waals surface area contributed by atoms with Crippen LogP contribution in [0.15, 0.2) is 24.4 Å². The van der Waals surface area contributed by atoms with Crippen LogP contribution in [0.4, 0.5) is 0 Å². The van der Waals surface area contributed by atoms with Crippen LogP contribution in [0.3, 0.4) is 0 Å². The molecular weight excluding hydrogens is 238 g/mol. The van der Waals surface area contributed by atoms with E-state index in [1.165, 1.54) is 0 Å². The fraction of sp³-hybridized carbons (Fsp3) is 0.667. The van der Waals surface area contributed by atoms with E-state index in [4.69, 9.17) is 4.74 Å². The van der Waals surface area contributed by atoms with Crippen LogP contribution in [-0.2, 0) is 11.2 Å². The quantitative estimate of drug-likeness (QED) is 0.522. The first-order valence-electron chi connectivity index (χ1n) is 7.16. The van der Waals surface area contributed by atoms with Crippen molar-refractivity contribution in [3.63, 3.8) is 0 Å². The molecule has 108 valence electrons. The van der Waals surface area contributed by atoms with Gasteiger partial charge in [0.05, 0.1) is 12.3 Å². The highest BCUT2D eigenvalue weighted by Gasteiger charge is 2.02. The predicted octanol–water partition coefficient (Wildman–Crippen LogP) is 2.58. The first kappa shape index (κ1) is 15.9. The molecule has 1 heterocycles. The molecular formula is C15H27N3O. The van der Waals surface area contributed by atoms with Crippen molar-refractivity contribution in [3.05, 3.63) is 30.1 Å². The zero-order valence-electron chi connectivity index (χ0n) is 12.4. The van der Waals surface area contributed by atoms with Crippen LogP contribution < -0.4 is 5.32 Å². The van der Waals surface area contributed by atoms with E-state index in [2.05, 4.69) is 53.4 Å². The van der Waals surface area contributed by atoms with Gasteiger partial charge in [0.1, 0.15) is 0 Å². The highest BCUT2D eigenvalue weighted by Crippen LogP contribution is 2.09. The monoisotopic (exact) mass is 265 g/mol. The van der Waals surface area contributed by atoms with Crippen molar-refractivity contribution in [2.75, 3.05) is 26.8 Å². The van der Waals surface area contributed by atoms with Gasteiger partial charge in [-0.05, 0) is 32.4 Å². The third-order valence-corrected chi connectivity index (χ3v) is 3.17. The van der Waals surface area contributed by atoms with Crippen molar-refractivity contribution in [3.8, 4) is 0 Å². The SMILES string of the molecule is CCC(C)n1ccc(CC=CCCNCCOC)n1. The van der Waals surface area contributed by atoms with Gasteiger partial charge in [-0.3, -0.25) is 4.68 Å². The molecule has 0 saturated carbocycles. The first-order chi connectivity index (χ1) is 9.27. The van der Waals surface area contributed by atoms with Crippen molar-refractivity contribution >= 4 is 0 Å². The largest absolute Gasteiger partial charge is 0.383 e. The smallest absolute Gasteiger partial charge is 0.0662 e. The minimum atomic E-state index is 0.489. The predicted molar refractivity (Wildman–Crippen MR) is 79.4 cm³/mol. The lowest BCUT2D eigenvalue weighted by molar-refractivity contribution is 0.199. The molecule has 19 heavy (non-hydrogen) atoms. The van der Waals surface area contributed by atoms with E-state index < -0.39 is 0 Å². The molecule has 1 atom stereocenters. The molecule has 1 N–H and O–H groups in total. The number of nitrogens with zero attached hydrogens (tertiary/aromatic N) is 2. The summed E-state index contributed by atoms with van der Waals surface area (Å²) in [5.74, 6) is 0. The average molecular weight is 265 g/mol. The van der Waals surface area contributed by atoms with Gasteiger partial charge in [0, 0.05) is 32.3 Å². The number of nitrogens with one attached hydrogen (secondary N) is 1. The van der Waals surface area contributed by atoms with Crippen molar-refractivity contribution in [2.24, 2.45) is 0 Å². The fourth-order valence-corrected chi connectivity index (χ4v) is 1.73. The molecule has 0 amide bonds. The Kier molecular flexibility index (Phi) is 8.18. The lowest BCUT2D eigenvalue weighted by atomic mass is 10.2. The molecule has 0 spiro atoms. The third kappa shape index (κ3) is 6.55. The Hall–Kier alpha value is -1.13. The Morgan fingerprint density at radius 1 is 1.42 bits per heavy atom. The lowest BCUT2D eigenvalue weighted by Gasteiger charge is -2.07. The van der Waals surface area contributed by atoms with Crippen LogP contribution in [0.2, 0.25) is 0 Å². The molecule has 0 aliphatic heterocycles. The standard InChI is InChI=1S/C15H27N3O/c1-4-14(2)18-12-9-15(17-18)8-6-5-7-10-16-11-13-19-3/h5-6,9,12,14,16H,4,7-8,10-11,13H2,1-3H3. The van der Waals surface area contributed by atoms with Crippen LogP contribution in [0.1, 0.15) is 38.4 Å². The number of allylic oxidation sites excluding steroid dienone is 1. The summed E-state index contributed by atoms with van der Waals surface area (Å²) in [6.07, 6.45) is 9.56. The second kappa shape index (κ2) is 9.75. The van der Waals surface area contributed by atoms with Gasteiger partial charge in [-0.2, -0.15) is 5.10 Å². The summed E-state index contributed by atoms with van der Waals surface area (Å²) in [5.41, 5.74) is 1.14. The van der Waals surface area contributed by atoms with Gasteiger partial charge in [-0.1, -0.05) is 19.1 Å². The Morgan fingerprint density at radius 2 is 2.26 bits per heavy atom. The lowest BCUT2D eigenvalue weighted by Crippen LogP contribution is -2.19. The molecule has 4 heteroatoms. The number of ether oxygens (including phenoxy) is 1. The Balaban J connectivity index is 2.16. The van der Waals surface area contributed by atoms with Gasteiger partial charge in [0.15, 0.2) is 0 Å². The Morgan fingerprint density at radius 3 is 3.00 bits per heavy atom. The minimum absolute atomic E-state index is 0.489. The molecule has 0 aliphatic carbocycles. The van der Waals surface area contributed by atoms with Crippen LogP contribution in [0.5, 0.6) is 0 Å². The first-order valence-corrected chi connectivity index (χ1v) is 7.16. The van der Waals surface area contributed by atoms with Gasteiger partial charge < -0.3 is 10.1 Å². The zero-order valence-corrected chi connectivity index (χ0v) is 12.4. The van der Waals surface area contributed by atoms with Crippen LogP contribution >= 0.6 is 0 Å². The summed E-state index contributed by atoms with van der Waals surface area (Å²) in [6.45, 7) is 7.07. The van der Waals surface area contributed by atoms with Gasteiger partial charge in [0.25, 0.3) is 0 Å². The van der Waals surface area contributed by atoms with E-state index >= 15 is 0 Å². The molecule has 1 unspecified atom stereocenters. The third-order valence-electron chi connectivity index (χ3n) is 3.17. The van der Waals surface area contributed by atoms with Crippen molar-refractivity contribution in [2.45, 2.75) is 39.2 Å². The molecule has 0 bridgehead atoms. The van der Waals surface area contributed by atoms with E-state index in [0.29, 0.717) is 6.04 Å². The van der Waals surface area contributed by atoms with Crippen LogP contribution in [0, 0.1) is 0 Å². The van der Waals surface area contributed by atoms with Crippen LogP contribution in [-0.4, -0.2) is 36.6 Å². The van der Waals surface area contributed by atoms with Crippen molar-refractivity contribution < 1.29 is 4.74 Å². The molecule has 4 nitrogen and oxygen atoms in total. The zero-order chi connectivity index (χ0) is 13.9. The van der Waals surface area contributed by atoms with E-state index in [1.54, 1.807) is 7.11 Å². The molecule has 0 radical (unpaired) electrons. The summed E-state index contributed by atoms with van der Waals surface area (Å²) < 4.78 is 7.02. The molecule has 0 fully saturated rings. The summed E-state index contributed by atoms with van der Waals surface area (Å²) in [4.78, 5) is 0. The van der Waals surface area contributed by atoms with Gasteiger partial charge in [-0.15, -0.1) is 0 Å².